The highest BCUT2D eigenvalue weighted by Crippen LogP contribution is 2.09. The number of nitrogens with zero attached hydrogens (tertiary/aromatic N) is 4. The van der Waals surface area contributed by atoms with Gasteiger partial charge in [-0.3, -0.25) is 4.79 Å². The van der Waals surface area contributed by atoms with E-state index in [1.54, 1.807) is 25.4 Å². The van der Waals surface area contributed by atoms with Gasteiger partial charge in [-0.05, 0) is 25.1 Å². The molecule has 0 spiro atoms. The predicted octanol–water partition coefficient (Wildman–Crippen LogP) is 1.59. The van der Waals surface area contributed by atoms with E-state index < -0.39 is 0 Å². The SMILES string of the molecule is CC(C(=O)NCCc1cn2ccccc2n1)c1ncccn1. The van der Waals surface area contributed by atoms with Crippen molar-refractivity contribution >= 4 is 11.6 Å². The van der Waals surface area contributed by atoms with E-state index in [1.165, 1.54) is 0 Å². The number of pyridine rings is 1. The summed E-state index contributed by atoms with van der Waals surface area (Å²) >= 11 is 0. The van der Waals surface area contributed by atoms with Gasteiger partial charge in [-0.25, -0.2) is 15.0 Å². The van der Waals surface area contributed by atoms with Gasteiger partial charge in [-0.15, -0.1) is 0 Å². The summed E-state index contributed by atoms with van der Waals surface area (Å²) in [7, 11) is 0. The molecule has 3 rings (SSSR count). The molecule has 112 valence electrons. The van der Waals surface area contributed by atoms with Gasteiger partial charge in [-0.1, -0.05) is 6.07 Å². The summed E-state index contributed by atoms with van der Waals surface area (Å²) in [5, 5.41) is 2.91. The Labute approximate surface area is 128 Å². The van der Waals surface area contributed by atoms with Crippen molar-refractivity contribution in [3.8, 4) is 0 Å². The first-order valence-corrected chi connectivity index (χ1v) is 7.21. The van der Waals surface area contributed by atoms with E-state index in [1.807, 2.05) is 35.0 Å². The van der Waals surface area contributed by atoms with Crippen LogP contribution >= 0.6 is 0 Å². The Bertz CT molecular complexity index is 735. The normalized spacial score (nSPS) is 12.2. The van der Waals surface area contributed by atoms with E-state index in [4.69, 9.17) is 0 Å². The molecule has 0 saturated heterocycles. The average molecular weight is 295 g/mol. The van der Waals surface area contributed by atoms with Gasteiger partial charge in [0.2, 0.25) is 5.91 Å². The molecule has 0 bridgehead atoms. The van der Waals surface area contributed by atoms with E-state index in [0.717, 1.165) is 11.3 Å². The summed E-state index contributed by atoms with van der Waals surface area (Å²) in [5.74, 6) is 0.102. The molecule has 1 atom stereocenters. The lowest BCUT2D eigenvalue weighted by atomic mass is 10.1. The molecule has 1 unspecified atom stereocenters. The fourth-order valence-electron chi connectivity index (χ4n) is 2.23. The second kappa shape index (κ2) is 6.34. The van der Waals surface area contributed by atoms with Crippen LogP contribution in [0, 0.1) is 0 Å². The van der Waals surface area contributed by atoms with Gasteiger partial charge in [0, 0.05) is 37.8 Å². The lowest BCUT2D eigenvalue weighted by Gasteiger charge is -2.10. The van der Waals surface area contributed by atoms with E-state index in [0.29, 0.717) is 18.8 Å². The molecule has 6 nitrogen and oxygen atoms in total. The van der Waals surface area contributed by atoms with Gasteiger partial charge >= 0.3 is 0 Å². The first-order chi connectivity index (χ1) is 10.7. The van der Waals surface area contributed by atoms with Crippen molar-refractivity contribution in [2.24, 2.45) is 0 Å². The monoisotopic (exact) mass is 295 g/mol. The molecule has 0 aliphatic carbocycles. The van der Waals surface area contributed by atoms with Crippen LogP contribution in [0.3, 0.4) is 0 Å². The highest BCUT2D eigenvalue weighted by molar-refractivity contribution is 5.82. The number of nitrogens with one attached hydrogen (secondary N) is 1. The van der Waals surface area contributed by atoms with Crippen LogP contribution in [0.1, 0.15) is 24.4 Å². The Hall–Kier alpha value is -2.76. The number of fused-ring (bicyclic) bond motifs is 1. The number of carbonyl (C=O) groups is 1. The summed E-state index contributed by atoms with van der Waals surface area (Å²) in [6.45, 7) is 2.34. The first kappa shape index (κ1) is 14.2. The van der Waals surface area contributed by atoms with Crippen LogP contribution in [0.5, 0.6) is 0 Å². The van der Waals surface area contributed by atoms with Crippen molar-refractivity contribution in [1.82, 2.24) is 24.7 Å². The average Bonchev–Trinajstić information content (AvgIpc) is 2.97. The third-order valence-electron chi connectivity index (χ3n) is 3.46. The first-order valence-electron chi connectivity index (χ1n) is 7.21. The number of imidazole rings is 1. The molecular weight excluding hydrogens is 278 g/mol. The maximum Gasteiger partial charge on any atom is 0.230 e. The maximum absolute atomic E-state index is 12.1. The molecule has 1 amide bonds. The summed E-state index contributed by atoms with van der Waals surface area (Å²) in [5.41, 5.74) is 1.87. The van der Waals surface area contributed by atoms with Crippen molar-refractivity contribution in [2.45, 2.75) is 19.3 Å². The molecule has 3 aromatic heterocycles. The van der Waals surface area contributed by atoms with Crippen LogP contribution in [-0.4, -0.2) is 31.8 Å². The van der Waals surface area contributed by atoms with Gasteiger partial charge < -0.3 is 9.72 Å². The molecule has 0 aliphatic heterocycles. The lowest BCUT2D eigenvalue weighted by Crippen LogP contribution is -2.30. The number of aromatic nitrogens is 4. The van der Waals surface area contributed by atoms with Crippen molar-refractivity contribution in [3.63, 3.8) is 0 Å². The second-order valence-corrected chi connectivity index (χ2v) is 5.07. The van der Waals surface area contributed by atoms with Crippen LogP contribution in [0.15, 0.2) is 49.1 Å². The Balaban J connectivity index is 1.55. The minimum Gasteiger partial charge on any atom is -0.355 e. The van der Waals surface area contributed by atoms with Crippen molar-refractivity contribution < 1.29 is 4.79 Å². The summed E-state index contributed by atoms with van der Waals surface area (Å²) in [6, 6.07) is 7.60. The topological polar surface area (TPSA) is 72.2 Å². The molecule has 3 heterocycles. The third kappa shape index (κ3) is 3.11. The Morgan fingerprint density at radius 1 is 1.27 bits per heavy atom. The zero-order chi connectivity index (χ0) is 15.4. The van der Waals surface area contributed by atoms with Gasteiger partial charge in [0.1, 0.15) is 11.5 Å². The molecular formula is C16H17N5O. The predicted molar refractivity (Wildman–Crippen MR) is 82.4 cm³/mol. The summed E-state index contributed by atoms with van der Waals surface area (Å²) in [4.78, 5) is 24.8. The number of hydrogen-bond acceptors (Lipinski definition) is 4. The van der Waals surface area contributed by atoms with E-state index in [-0.39, 0.29) is 11.8 Å². The molecule has 0 radical (unpaired) electrons. The van der Waals surface area contributed by atoms with E-state index in [9.17, 15) is 4.79 Å². The van der Waals surface area contributed by atoms with E-state index >= 15 is 0 Å². The number of carbonyl (C=O) groups excluding carboxylic acids is 1. The Morgan fingerprint density at radius 2 is 2.09 bits per heavy atom. The number of rotatable bonds is 5. The second-order valence-electron chi connectivity index (χ2n) is 5.07. The van der Waals surface area contributed by atoms with Gasteiger partial charge in [0.25, 0.3) is 0 Å². The largest absolute Gasteiger partial charge is 0.355 e. The Morgan fingerprint density at radius 3 is 2.86 bits per heavy atom. The third-order valence-corrected chi connectivity index (χ3v) is 3.46. The minimum absolute atomic E-state index is 0.0741. The molecule has 0 aromatic carbocycles. The highest BCUT2D eigenvalue weighted by Gasteiger charge is 2.17. The fourth-order valence-corrected chi connectivity index (χ4v) is 2.23. The van der Waals surface area contributed by atoms with Crippen LogP contribution < -0.4 is 5.32 Å². The molecule has 0 aliphatic rings. The fraction of sp³-hybridized carbons (Fsp3) is 0.250. The quantitative estimate of drug-likeness (QED) is 0.776. The highest BCUT2D eigenvalue weighted by atomic mass is 16.1. The standard InChI is InChI=1S/C16H17N5O/c1-12(15-17-7-4-8-18-15)16(22)19-9-6-13-11-21-10-3-2-5-14(21)20-13/h2-5,7-8,10-12H,6,9H2,1H3,(H,19,22). The van der Waals surface area contributed by atoms with Gasteiger partial charge in [0.15, 0.2) is 0 Å². The van der Waals surface area contributed by atoms with Crippen molar-refractivity contribution in [1.29, 1.82) is 0 Å². The van der Waals surface area contributed by atoms with Crippen LogP contribution in [0.2, 0.25) is 0 Å². The molecule has 0 saturated carbocycles. The number of hydrogen-bond donors (Lipinski definition) is 1. The zero-order valence-electron chi connectivity index (χ0n) is 12.3. The van der Waals surface area contributed by atoms with Gasteiger partial charge in [0.05, 0.1) is 11.6 Å². The Kier molecular flexibility index (Phi) is 4.09. The van der Waals surface area contributed by atoms with Crippen molar-refractivity contribution in [3.05, 3.63) is 60.6 Å². The summed E-state index contributed by atoms with van der Waals surface area (Å²) < 4.78 is 1.97. The van der Waals surface area contributed by atoms with Crippen LogP contribution in [-0.2, 0) is 11.2 Å². The van der Waals surface area contributed by atoms with E-state index in [2.05, 4.69) is 20.3 Å². The molecule has 3 aromatic rings. The summed E-state index contributed by atoms with van der Waals surface area (Å²) in [6.07, 6.45) is 7.91. The molecule has 6 heteroatoms. The van der Waals surface area contributed by atoms with Crippen molar-refractivity contribution in [2.75, 3.05) is 6.54 Å². The number of amides is 1. The lowest BCUT2D eigenvalue weighted by molar-refractivity contribution is -0.122. The van der Waals surface area contributed by atoms with Gasteiger partial charge in [-0.2, -0.15) is 0 Å². The molecule has 1 N–H and O–H groups in total. The molecule has 0 fully saturated rings. The maximum atomic E-state index is 12.1. The smallest absolute Gasteiger partial charge is 0.230 e. The van der Waals surface area contributed by atoms with Crippen LogP contribution in [0.25, 0.3) is 5.65 Å². The zero-order valence-corrected chi connectivity index (χ0v) is 12.3. The van der Waals surface area contributed by atoms with Crippen LogP contribution in [0.4, 0.5) is 0 Å². The minimum atomic E-state index is -0.359. The molecule has 22 heavy (non-hydrogen) atoms.